The smallest absolute Gasteiger partial charge is 0.290 e. The van der Waals surface area contributed by atoms with Gasteiger partial charge in [-0.05, 0) is 70.2 Å². The summed E-state index contributed by atoms with van der Waals surface area (Å²) in [4.78, 5) is 29.8. The van der Waals surface area contributed by atoms with Crippen LogP contribution in [-0.4, -0.2) is 60.4 Å². The number of hydrogen-bond donors (Lipinski definition) is 1. The van der Waals surface area contributed by atoms with Crippen molar-refractivity contribution >= 4 is 11.7 Å². The van der Waals surface area contributed by atoms with Gasteiger partial charge in [0.1, 0.15) is 11.5 Å². The highest BCUT2D eigenvalue weighted by Gasteiger charge is 2.44. The number of ether oxygens (including phenoxy) is 1. The highest BCUT2D eigenvalue weighted by molar-refractivity contribution is 6.15. The third kappa shape index (κ3) is 4.99. The summed E-state index contributed by atoms with van der Waals surface area (Å²) < 4.78 is 11.2. The Morgan fingerprint density at radius 1 is 1.26 bits per heavy atom. The van der Waals surface area contributed by atoms with E-state index in [1.165, 1.54) is 0 Å². The van der Waals surface area contributed by atoms with Gasteiger partial charge in [-0.3, -0.25) is 9.59 Å². The number of nitrogens with zero attached hydrogens (tertiary/aromatic N) is 2. The van der Waals surface area contributed by atoms with Gasteiger partial charge in [0.25, 0.3) is 5.91 Å². The first-order chi connectivity index (χ1) is 14.8. The number of carbonyl (C=O) groups is 2. The van der Waals surface area contributed by atoms with Crippen molar-refractivity contribution in [3.8, 4) is 5.75 Å². The first-order valence-corrected chi connectivity index (χ1v) is 10.6. The lowest BCUT2D eigenvalue weighted by molar-refractivity contribution is -0.129. The molecule has 1 aromatic carbocycles. The van der Waals surface area contributed by atoms with Gasteiger partial charge in [0.05, 0.1) is 18.2 Å². The first kappa shape index (κ1) is 22.6. The summed E-state index contributed by atoms with van der Waals surface area (Å²) in [7, 11) is 3.92. The molecule has 0 radical (unpaired) electrons. The van der Waals surface area contributed by atoms with E-state index in [4.69, 9.17) is 9.15 Å². The van der Waals surface area contributed by atoms with Gasteiger partial charge < -0.3 is 24.1 Å². The minimum absolute atomic E-state index is 0.0387. The van der Waals surface area contributed by atoms with Crippen molar-refractivity contribution in [3.63, 3.8) is 0 Å². The summed E-state index contributed by atoms with van der Waals surface area (Å²) in [6.07, 6.45) is 1.57. The Labute approximate surface area is 182 Å². The highest BCUT2D eigenvalue weighted by atomic mass is 16.5. The number of furan rings is 1. The van der Waals surface area contributed by atoms with Gasteiger partial charge in [-0.2, -0.15) is 0 Å². The fourth-order valence-electron chi connectivity index (χ4n) is 3.70. The summed E-state index contributed by atoms with van der Waals surface area (Å²) in [6, 6.07) is 9.88. The van der Waals surface area contributed by atoms with E-state index < -0.39 is 23.5 Å². The van der Waals surface area contributed by atoms with Crippen LogP contribution in [0.1, 0.15) is 47.7 Å². The average Bonchev–Trinajstić information content (AvgIpc) is 3.28. The number of ketones is 1. The number of rotatable bonds is 10. The van der Waals surface area contributed by atoms with E-state index >= 15 is 0 Å². The number of aliphatic hydroxyl groups is 1. The van der Waals surface area contributed by atoms with E-state index in [-0.39, 0.29) is 11.3 Å². The van der Waals surface area contributed by atoms with Crippen LogP contribution in [0.5, 0.6) is 5.75 Å². The second-order valence-electron chi connectivity index (χ2n) is 7.98. The van der Waals surface area contributed by atoms with Crippen LogP contribution in [0.25, 0.3) is 0 Å². The second-order valence-corrected chi connectivity index (χ2v) is 7.98. The van der Waals surface area contributed by atoms with Crippen molar-refractivity contribution in [3.05, 3.63) is 64.8 Å². The molecule has 0 spiro atoms. The molecule has 0 aliphatic carbocycles. The van der Waals surface area contributed by atoms with Crippen molar-refractivity contribution in [2.24, 2.45) is 0 Å². The van der Waals surface area contributed by atoms with Gasteiger partial charge in [0.2, 0.25) is 5.78 Å². The number of amides is 1. The average molecular weight is 427 g/mol. The van der Waals surface area contributed by atoms with E-state index in [1.807, 2.05) is 50.2 Å². The normalized spacial score (nSPS) is 16.5. The Morgan fingerprint density at radius 2 is 2.03 bits per heavy atom. The number of aryl methyl sites for hydroxylation is 1. The maximum Gasteiger partial charge on any atom is 0.290 e. The number of aliphatic hydroxyl groups excluding tert-OH is 1. The molecule has 1 aliphatic heterocycles. The van der Waals surface area contributed by atoms with Gasteiger partial charge in [0.15, 0.2) is 11.5 Å². The number of benzene rings is 1. The number of carbonyl (C=O) groups excluding carboxylic acids is 2. The zero-order chi connectivity index (χ0) is 22.5. The second kappa shape index (κ2) is 9.83. The highest BCUT2D eigenvalue weighted by Crippen LogP contribution is 2.40. The maximum atomic E-state index is 13.3. The number of Topliss-reactive ketones (excluding diaryl/α,β-unsaturated/α-hetero) is 1. The topological polar surface area (TPSA) is 83.2 Å². The molecule has 0 unspecified atom stereocenters. The largest absolute Gasteiger partial charge is 0.503 e. The molecule has 0 saturated carbocycles. The SMILES string of the molecule is CCCOc1cccc([C@@H]2C(C(=O)c3ccc(C)o3)=C(O)C(=O)N2CCCN(C)C)c1. The fourth-order valence-corrected chi connectivity index (χ4v) is 3.70. The predicted octanol–water partition coefficient (Wildman–Crippen LogP) is 3.91. The van der Waals surface area contributed by atoms with Crippen molar-refractivity contribution in [2.45, 2.75) is 32.7 Å². The quantitative estimate of drug-likeness (QED) is 0.580. The van der Waals surface area contributed by atoms with Crippen LogP contribution >= 0.6 is 0 Å². The van der Waals surface area contributed by atoms with Gasteiger partial charge in [-0.25, -0.2) is 0 Å². The Hall–Kier alpha value is -3.06. The van der Waals surface area contributed by atoms with E-state index in [1.54, 1.807) is 24.0 Å². The third-order valence-electron chi connectivity index (χ3n) is 5.16. The molecule has 1 atom stereocenters. The Balaban J connectivity index is 2.00. The first-order valence-electron chi connectivity index (χ1n) is 10.6. The standard InChI is InChI=1S/C24H30N2O5/c1-5-14-30-18-9-6-8-17(15-18)21-20(22(27)19-11-10-16(2)31-19)23(28)24(29)26(21)13-7-12-25(3)4/h6,8-11,15,21,28H,5,7,12-14H2,1-4H3/t21-/m1/s1. The Morgan fingerprint density at radius 3 is 2.68 bits per heavy atom. The van der Waals surface area contributed by atoms with E-state index in [0.717, 1.165) is 13.0 Å². The van der Waals surface area contributed by atoms with Crippen molar-refractivity contribution in [2.75, 3.05) is 33.8 Å². The molecule has 0 saturated heterocycles. The van der Waals surface area contributed by atoms with Crippen LogP contribution in [0.3, 0.4) is 0 Å². The molecule has 3 rings (SSSR count). The van der Waals surface area contributed by atoms with Crippen molar-refractivity contribution < 1.29 is 23.8 Å². The Bertz CT molecular complexity index is 976. The van der Waals surface area contributed by atoms with E-state index in [9.17, 15) is 14.7 Å². The summed E-state index contributed by atoms with van der Waals surface area (Å²) in [5.41, 5.74) is 0.749. The van der Waals surface area contributed by atoms with Gasteiger partial charge in [0, 0.05) is 6.54 Å². The van der Waals surface area contributed by atoms with Crippen LogP contribution in [0, 0.1) is 6.92 Å². The third-order valence-corrected chi connectivity index (χ3v) is 5.16. The molecule has 166 valence electrons. The molecule has 1 amide bonds. The summed E-state index contributed by atoms with van der Waals surface area (Å²) in [5, 5.41) is 10.7. The van der Waals surface area contributed by atoms with Crippen LogP contribution in [0.2, 0.25) is 0 Å². The lowest BCUT2D eigenvalue weighted by Crippen LogP contribution is -2.33. The Kier molecular flexibility index (Phi) is 7.17. The lowest BCUT2D eigenvalue weighted by atomic mass is 9.95. The fraction of sp³-hybridized carbons (Fsp3) is 0.417. The van der Waals surface area contributed by atoms with Crippen LogP contribution in [0.15, 0.2) is 52.1 Å². The molecule has 0 bridgehead atoms. The molecule has 2 aromatic rings. The van der Waals surface area contributed by atoms with Crippen LogP contribution < -0.4 is 4.74 Å². The molecule has 1 aliphatic rings. The molecule has 1 N–H and O–H groups in total. The molecule has 7 nitrogen and oxygen atoms in total. The number of hydrogen-bond acceptors (Lipinski definition) is 6. The minimum Gasteiger partial charge on any atom is -0.503 e. The van der Waals surface area contributed by atoms with Crippen molar-refractivity contribution in [1.29, 1.82) is 0 Å². The summed E-state index contributed by atoms with van der Waals surface area (Å²) >= 11 is 0. The molecular weight excluding hydrogens is 396 g/mol. The molecule has 31 heavy (non-hydrogen) atoms. The zero-order valence-electron chi connectivity index (χ0n) is 18.6. The zero-order valence-corrected chi connectivity index (χ0v) is 18.6. The van der Waals surface area contributed by atoms with Gasteiger partial charge in [-0.1, -0.05) is 19.1 Å². The summed E-state index contributed by atoms with van der Waals surface area (Å²) in [5.74, 6) is -0.206. The van der Waals surface area contributed by atoms with E-state index in [2.05, 4.69) is 0 Å². The lowest BCUT2D eigenvalue weighted by Gasteiger charge is -2.27. The van der Waals surface area contributed by atoms with Crippen LogP contribution in [-0.2, 0) is 4.79 Å². The molecule has 0 fully saturated rings. The summed E-state index contributed by atoms with van der Waals surface area (Å²) in [6.45, 7) is 5.51. The molecule has 7 heteroatoms. The maximum absolute atomic E-state index is 13.3. The predicted molar refractivity (Wildman–Crippen MR) is 117 cm³/mol. The van der Waals surface area contributed by atoms with Gasteiger partial charge in [-0.15, -0.1) is 0 Å². The molecule has 2 heterocycles. The molecular formula is C24H30N2O5. The van der Waals surface area contributed by atoms with Gasteiger partial charge >= 0.3 is 0 Å². The van der Waals surface area contributed by atoms with E-state index in [0.29, 0.717) is 36.6 Å². The van der Waals surface area contributed by atoms with Crippen LogP contribution in [0.4, 0.5) is 0 Å². The molecule has 1 aromatic heterocycles. The minimum atomic E-state index is -0.710. The monoisotopic (exact) mass is 426 g/mol. The van der Waals surface area contributed by atoms with Crippen molar-refractivity contribution in [1.82, 2.24) is 9.80 Å².